The van der Waals surface area contributed by atoms with Gasteiger partial charge in [0.15, 0.2) is 0 Å². The highest BCUT2D eigenvalue weighted by molar-refractivity contribution is 5.80. The summed E-state index contributed by atoms with van der Waals surface area (Å²) in [6.45, 7) is 2.02. The summed E-state index contributed by atoms with van der Waals surface area (Å²) < 4.78 is 0. The van der Waals surface area contributed by atoms with Crippen LogP contribution >= 0.6 is 0 Å². The molecule has 1 fully saturated rings. The van der Waals surface area contributed by atoms with Gasteiger partial charge in [-0.2, -0.15) is 0 Å². The molecule has 4 nitrogen and oxygen atoms in total. The minimum Gasteiger partial charge on any atom is -0.351 e. The van der Waals surface area contributed by atoms with Crippen molar-refractivity contribution in [2.45, 2.75) is 50.6 Å². The van der Waals surface area contributed by atoms with Gasteiger partial charge in [0, 0.05) is 18.4 Å². The van der Waals surface area contributed by atoms with Crippen LogP contribution in [-0.2, 0) is 16.0 Å². The third kappa shape index (κ3) is 4.94. The summed E-state index contributed by atoms with van der Waals surface area (Å²) in [7, 11) is 0. The average molecular weight is 350 g/mol. The van der Waals surface area contributed by atoms with Crippen molar-refractivity contribution in [1.82, 2.24) is 10.6 Å². The van der Waals surface area contributed by atoms with Crippen molar-refractivity contribution >= 4 is 11.8 Å². The van der Waals surface area contributed by atoms with E-state index in [4.69, 9.17) is 0 Å². The Morgan fingerprint density at radius 2 is 1.77 bits per heavy atom. The van der Waals surface area contributed by atoms with E-state index in [1.165, 1.54) is 5.56 Å². The summed E-state index contributed by atoms with van der Waals surface area (Å²) in [5.74, 6) is 0.108. The summed E-state index contributed by atoms with van der Waals surface area (Å²) in [5.41, 5.74) is 2.04. The van der Waals surface area contributed by atoms with Crippen LogP contribution in [0, 0.1) is 0 Å². The van der Waals surface area contributed by atoms with Crippen molar-refractivity contribution in [3.05, 3.63) is 71.8 Å². The lowest BCUT2D eigenvalue weighted by atomic mass is 9.93. The van der Waals surface area contributed by atoms with Crippen LogP contribution in [0.3, 0.4) is 0 Å². The fourth-order valence-corrected chi connectivity index (χ4v) is 3.48. The van der Waals surface area contributed by atoms with Crippen LogP contribution in [0.2, 0.25) is 0 Å². The Labute approximate surface area is 155 Å². The predicted octanol–water partition coefficient (Wildman–Crippen LogP) is 3.54. The van der Waals surface area contributed by atoms with E-state index in [1.807, 2.05) is 55.5 Å². The molecule has 1 heterocycles. The summed E-state index contributed by atoms with van der Waals surface area (Å²) in [5, 5.41) is 6.17. The van der Waals surface area contributed by atoms with Crippen molar-refractivity contribution in [3.8, 4) is 0 Å². The SMILES string of the molecule is C[C@]1(CCC(=O)N[C@@H](Cc2ccccc2)c2ccccc2)CCC(=O)N1. The number of benzene rings is 2. The monoisotopic (exact) mass is 350 g/mol. The lowest BCUT2D eigenvalue weighted by molar-refractivity contribution is -0.123. The van der Waals surface area contributed by atoms with E-state index < -0.39 is 0 Å². The first-order chi connectivity index (χ1) is 12.5. The van der Waals surface area contributed by atoms with Gasteiger partial charge in [0.05, 0.1) is 6.04 Å². The number of hydrogen-bond donors (Lipinski definition) is 2. The van der Waals surface area contributed by atoms with Gasteiger partial charge >= 0.3 is 0 Å². The Kier molecular flexibility index (Phi) is 5.71. The number of rotatable bonds is 7. The van der Waals surface area contributed by atoms with Crippen molar-refractivity contribution in [3.63, 3.8) is 0 Å². The Hall–Kier alpha value is -2.62. The Bertz CT molecular complexity index is 745. The summed E-state index contributed by atoms with van der Waals surface area (Å²) in [6, 6.07) is 20.2. The molecule has 2 aromatic carbocycles. The second-order valence-corrected chi connectivity index (χ2v) is 7.33. The van der Waals surface area contributed by atoms with Crippen LogP contribution in [-0.4, -0.2) is 17.4 Å². The minimum atomic E-state index is -0.254. The fourth-order valence-electron chi connectivity index (χ4n) is 3.48. The molecule has 0 aliphatic carbocycles. The van der Waals surface area contributed by atoms with Crippen LogP contribution in [0.1, 0.15) is 49.8 Å². The lowest BCUT2D eigenvalue weighted by Crippen LogP contribution is -2.40. The third-order valence-corrected chi connectivity index (χ3v) is 5.07. The van der Waals surface area contributed by atoms with Gasteiger partial charge in [-0.05, 0) is 37.3 Å². The second-order valence-electron chi connectivity index (χ2n) is 7.33. The molecule has 1 aliphatic rings. The van der Waals surface area contributed by atoms with Crippen LogP contribution in [0.25, 0.3) is 0 Å². The number of amides is 2. The normalized spacial score (nSPS) is 20.4. The first-order valence-corrected chi connectivity index (χ1v) is 9.23. The molecule has 0 bridgehead atoms. The van der Waals surface area contributed by atoms with Gasteiger partial charge in [-0.1, -0.05) is 60.7 Å². The van der Waals surface area contributed by atoms with Gasteiger partial charge in [0.2, 0.25) is 11.8 Å². The fraction of sp³-hybridized carbons (Fsp3) is 0.364. The standard InChI is InChI=1S/C22H26N2O2/c1-22(15-13-21(26)24-22)14-12-20(25)23-19(18-10-6-3-7-11-18)16-17-8-4-2-5-9-17/h2-11,19H,12-16H2,1H3,(H,23,25)(H,24,26)/t19-,22-/m0/s1. The van der Waals surface area contributed by atoms with Crippen molar-refractivity contribution in [2.75, 3.05) is 0 Å². The van der Waals surface area contributed by atoms with Crippen molar-refractivity contribution < 1.29 is 9.59 Å². The first kappa shape index (κ1) is 18.2. The molecule has 2 aromatic rings. The molecule has 3 rings (SSSR count). The minimum absolute atomic E-state index is 0.0251. The number of nitrogens with one attached hydrogen (secondary N) is 2. The number of hydrogen-bond acceptors (Lipinski definition) is 2. The number of carbonyl (C=O) groups is 2. The zero-order chi connectivity index (χ0) is 18.4. The van der Waals surface area contributed by atoms with Gasteiger partial charge in [0.25, 0.3) is 0 Å². The van der Waals surface area contributed by atoms with E-state index in [2.05, 4.69) is 22.8 Å². The Morgan fingerprint density at radius 3 is 2.38 bits per heavy atom. The maximum atomic E-state index is 12.6. The van der Waals surface area contributed by atoms with Gasteiger partial charge < -0.3 is 10.6 Å². The highest BCUT2D eigenvalue weighted by Crippen LogP contribution is 2.25. The van der Waals surface area contributed by atoms with Gasteiger partial charge in [-0.15, -0.1) is 0 Å². The molecule has 2 amide bonds. The van der Waals surface area contributed by atoms with Crippen molar-refractivity contribution in [2.24, 2.45) is 0 Å². The molecular formula is C22H26N2O2. The third-order valence-electron chi connectivity index (χ3n) is 5.07. The molecule has 136 valence electrons. The number of carbonyl (C=O) groups excluding carboxylic acids is 2. The van der Waals surface area contributed by atoms with E-state index in [9.17, 15) is 9.59 Å². The molecule has 26 heavy (non-hydrogen) atoms. The first-order valence-electron chi connectivity index (χ1n) is 9.23. The summed E-state index contributed by atoms with van der Waals surface area (Å²) in [6.07, 6.45) is 3.18. The summed E-state index contributed by atoms with van der Waals surface area (Å²) in [4.78, 5) is 24.0. The second kappa shape index (κ2) is 8.17. The Balaban J connectivity index is 1.63. The van der Waals surface area contributed by atoms with Crippen LogP contribution in [0.5, 0.6) is 0 Å². The lowest BCUT2D eigenvalue weighted by Gasteiger charge is -2.25. The van der Waals surface area contributed by atoms with Crippen LogP contribution in [0.4, 0.5) is 0 Å². The molecule has 0 unspecified atom stereocenters. The average Bonchev–Trinajstić information content (AvgIpc) is 3.00. The zero-order valence-electron chi connectivity index (χ0n) is 15.2. The molecule has 0 saturated carbocycles. The largest absolute Gasteiger partial charge is 0.351 e. The maximum absolute atomic E-state index is 12.6. The maximum Gasteiger partial charge on any atom is 0.220 e. The topological polar surface area (TPSA) is 58.2 Å². The predicted molar refractivity (Wildman–Crippen MR) is 102 cm³/mol. The van der Waals surface area contributed by atoms with Crippen LogP contribution < -0.4 is 10.6 Å². The van der Waals surface area contributed by atoms with E-state index in [0.29, 0.717) is 19.3 Å². The molecule has 1 aliphatic heterocycles. The quantitative estimate of drug-likeness (QED) is 0.802. The summed E-state index contributed by atoms with van der Waals surface area (Å²) >= 11 is 0. The molecule has 0 aromatic heterocycles. The molecule has 0 radical (unpaired) electrons. The molecular weight excluding hydrogens is 324 g/mol. The van der Waals surface area contributed by atoms with E-state index in [1.54, 1.807) is 0 Å². The van der Waals surface area contributed by atoms with Gasteiger partial charge in [0.1, 0.15) is 0 Å². The van der Waals surface area contributed by atoms with E-state index in [-0.39, 0.29) is 23.4 Å². The molecule has 2 atom stereocenters. The van der Waals surface area contributed by atoms with Crippen molar-refractivity contribution in [1.29, 1.82) is 0 Å². The van der Waals surface area contributed by atoms with Gasteiger partial charge in [-0.3, -0.25) is 9.59 Å². The molecule has 1 saturated heterocycles. The highest BCUT2D eigenvalue weighted by Gasteiger charge is 2.33. The highest BCUT2D eigenvalue weighted by atomic mass is 16.2. The van der Waals surface area contributed by atoms with E-state index >= 15 is 0 Å². The zero-order valence-corrected chi connectivity index (χ0v) is 15.2. The molecule has 2 N–H and O–H groups in total. The van der Waals surface area contributed by atoms with Crippen LogP contribution in [0.15, 0.2) is 60.7 Å². The smallest absolute Gasteiger partial charge is 0.220 e. The molecule has 0 spiro atoms. The van der Waals surface area contributed by atoms with Gasteiger partial charge in [-0.25, -0.2) is 0 Å². The molecule has 4 heteroatoms. The Morgan fingerprint density at radius 1 is 1.12 bits per heavy atom. The van der Waals surface area contributed by atoms with E-state index in [0.717, 1.165) is 18.4 Å².